The first kappa shape index (κ1) is 10.9. The zero-order chi connectivity index (χ0) is 12.5. The Kier molecular flexibility index (Phi) is 2.53. The zero-order valence-corrected chi connectivity index (χ0v) is 9.98. The van der Waals surface area contributed by atoms with E-state index in [1.165, 1.54) is 0 Å². The number of nitrogen functional groups attached to an aromatic ring is 1. The summed E-state index contributed by atoms with van der Waals surface area (Å²) in [6, 6.07) is 8.99. The molecule has 5 nitrogen and oxygen atoms in total. The third kappa shape index (κ3) is 1.74. The van der Waals surface area contributed by atoms with Gasteiger partial charge in [-0.25, -0.2) is 0 Å². The molecule has 0 aliphatic rings. The maximum atomic E-state index is 5.86. The van der Waals surface area contributed by atoms with Crippen molar-refractivity contribution in [1.29, 1.82) is 0 Å². The molecule has 0 amide bonds. The van der Waals surface area contributed by atoms with Gasteiger partial charge in [-0.1, -0.05) is 6.07 Å². The molecule has 0 unspecified atom stereocenters. The van der Waals surface area contributed by atoms with Crippen molar-refractivity contribution < 1.29 is 4.42 Å². The Bertz CT molecular complexity index is 674. The van der Waals surface area contributed by atoms with Gasteiger partial charge in [-0.3, -0.25) is 10.1 Å². The molecule has 3 aromatic heterocycles. The van der Waals surface area contributed by atoms with Crippen molar-refractivity contribution in [3.63, 3.8) is 0 Å². The Balaban J connectivity index is 2.18. The van der Waals surface area contributed by atoms with Crippen molar-refractivity contribution in [3.8, 4) is 22.7 Å². The highest BCUT2D eigenvalue weighted by Gasteiger charge is 2.17. The number of H-pyrrole nitrogens is 1. The molecule has 0 saturated carbocycles. The second kappa shape index (κ2) is 4.19. The normalized spacial score (nSPS) is 10.7. The van der Waals surface area contributed by atoms with Gasteiger partial charge in [-0.15, -0.1) is 0 Å². The van der Waals surface area contributed by atoms with Gasteiger partial charge in [0.05, 0.1) is 11.3 Å². The van der Waals surface area contributed by atoms with Gasteiger partial charge in [0.1, 0.15) is 5.69 Å². The number of nitrogens with zero attached hydrogens (tertiary/aromatic N) is 2. The summed E-state index contributed by atoms with van der Waals surface area (Å²) in [4.78, 5) is 4.26. The fraction of sp³-hybridized carbons (Fsp3) is 0. The lowest BCUT2D eigenvalue weighted by Crippen LogP contribution is -1.90. The van der Waals surface area contributed by atoms with E-state index in [0.717, 1.165) is 5.69 Å². The topological polar surface area (TPSA) is 80.7 Å². The van der Waals surface area contributed by atoms with E-state index in [-0.39, 0.29) is 0 Å². The Morgan fingerprint density at radius 2 is 2.11 bits per heavy atom. The SMILES string of the molecule is Nc1n[nH]c(-c2ccc(Cl)o2)c1-c1ccccn1. The van der Waals surface area contributed by atoms with E-state index >= 15 is 0 Å². The number of aromatic amines is 1. The molecule has 18 heavy (non-hydrogen) atoms. The van der Waals surface area contributed by atoms with Gasteiger partial charge in [0.25, 0.3) is 0 Å². The zero-order valence-electron chi connectivity index (χ0n) is 9.22. The number of halogens is 1. The van der Waals surface area contributed by atoms with E-state index in [4.69, 9.17) is 21.8 Å². The minimum Gasteiger partial charge on any atom is -0.443 e. The van der Waals surface area contributed by atoms with Crippen LogP contribution in [0.1, 0.15) is 0 Å². The predicted molar refractivity (Wildman–Crippen MR) is 68.9 cm³/mol. The Morgan fingerprint density at radius 3 is 2.78 bits per heavy atom. The first-order chi connectivity index (χ1) is 8.75. The second-order valence-electron chi connectivity index (χ2n) is 3.68. The summed E-state index contributed by atoms with van der Waals surface area (Å²) >= 11 is 5.77. The van der Waals surface area contributed by atoms with Crippen LogP contribution in [0.4, 0.5) is 5.82 Å². The van der Waals surface area contributed by atoms with Crippen molar-refractivity contribution in [2.24, 2.45) is 0 Å². The highest BCUT2D eigenvalue weighted by molar-refractivity contribution is 6.29. The number of anilines is 1. The number of aromatic nitrogens is 3. The molecule has 3 rings (SSSR count). The number of hydrogen-bond donors (Lipinski definition) is 2. The maximum Gasteiger partial charge on any atom is 0.194 e. The van der Waals surface area contributed by atoms with Crippen LogP contribution in [0.5, 0.6) is 0 Å². The maximum absolute atomic E-state index is 5.86. The lowest BCUT2D eigenvalue weighted by atomic mass is 10.1. The van der Waals surface area contributed by atoms with Gasteiger partial charge in [0.15, 0.2) is 16.8 Å². The van der Waals surface area contributed by atoms with Crippen LogP contribution in [0.3, 0.4) is 0 Å². The minimum absolute atomic E-state index is 0.310. The highest BCUT2D eigenvalue weighted by atomic mass is 35.5. The molecule has 3 heterocycles. The standard InChI is InChI=1S/C12H9ClN4O/c13-9-5-4-8(18-9)11-10(12(14)17-16-11)7-3-1-2-6-15-7/h1-6H,(H3,14,16,17). The summed E-state index contributed by atoms with van der Waals surface area (Å²) in [5, 5.41) is 7.13. The van der Waals surface area contributed by atoms with Gasteiger partial charge >= 0.3 is 0 Å². The summed E-state index contributed by atoms with van der Waals surface area (Å²) < 4.78 is 5.36. The number of pyridine rings is 1. The largest absolute Gasteiger partial charge is 0.443 e. The van der Waals surface area contributed by atoms with E-state index in [1.807, 2.05) is 18.2 Å². The van der Waals surface area contributed by atoms with Crippen molar-refractivity contribution in [2.45, 2.75) is 0 Å². The first-order valence-electron chi connectivity index (χ1n) is 5.26. The molecule has 0 radical (unpaired) electrons. The molecule has 0 aliphatic heterocycles. The Morgan fingerprint density at radius 1 is 1.22 bits per heavy atom. The molecule has 0 aliphatic carbocycles. The first-order valence-corrected chi connectivity index (χ1v) is 5.64. The monoisotopic (exact) mass is 260 g/mol. The number of furan rings is 1. The van der Waals surface area contributed by atoms with Crippen LogP contribution in [-0.4, -0.2) is 15.2 Å². The van der Waals surface area contributed by atoms with Gasteiger partial charge in [-0.05, 0) is 35.9 Å². The number of hydrogen-bond acceptors (Lipinski definition) is 4. The Hall–Kier alpha value is -2.27. The average Bonchev–Trinajstić information content (AvgIpc) is 2.96. The van der Waals surface area contributed by atoms with E-state index in [9.17, 15) is 0 Å². The van der Waals surface area contributed by atoms with Crippen LogP contribution in [0.25, 0.3) is 22.7 Å². The summed E-state index contributed by atoms with van der Waals surface area (Å²) in [6.07, 6.45) is 1.70. The van der Waals surface area contributed by atoms with E-state index in [1.54, 1.807) is 18.3 Å². The molecule has 0 spiro atoms. The lowest BCUT2D eigenvalue weighted by Gasteiger charge is -2.00. The number of nitrogens with two attached hydrogens (primary N) is 1. The molecule has 0 bridgehead atoms. The lowest BCUT2D eigenvalue weighted by molar-refractivity contribution is 0.582. The summed E-state index contributed by atoms with van der Waals surface area (Å²) in [5.74, 6) is 0.945. The molecule has 0 atom stereocenters. The summed E-state index contributed by atoms with van der Waals surface area (Å²) in [6.45, 7) is 0. The predicted octanol–water partition coefficient (Wildman–Crippen LogP) is 2.97. The average molecular weight is 261 g/mol. The summed E-state index contributed by atoms with van der Waals surface area (Å²) in [5.41, 5.74) is 7.96. The van der Waals surface area contributed by atoms with E-state index in [2.05, 4.69) is 15.2 Å². The molecule has 0 fully saturated rings. The second-order valence-corrected chi connectivity index (χ2v) is 4.05. The van der Waals surface area contributed by atoms with Gasteiger partial charge in [0, 0.05) is 6.20 Å². The molecule has 0 saturated heterocycles. The molecular formula is C12H9ClN4O. The Labute approximate surface area is 108 Å². The molecular weight excluding hydrogens is 252 g/mol. The van der Waals surface area contributed by atoms with Crippen molar-refractivity contribution >= 4 is 17.4 Å². The van der Waals surface area contributed by atoms with Crippen LogP contribution in [0.2, 0.25) is 5.22 Å². The van der Waals surface area contributed by atoms with Crippen LogP contribution in [0, 0.1) is 0 Å². The van der Waals surface area contributed by atoms with Crippen LogP contribution in [0.15, 0.2) is 40.9 Å². The number of nitrogens with one attached hydrogen (secondary N) is 1. The van der Waals surface area contributed by atoms with E-state index < -0.39 is 0 Å². The van der Waals surface area contributed by atoms with Gasteiger partial charge in [0.2, 0.25) is 0 Å². The quantitative estimate of drug-likeness (QED) is 0.742. The smallest absolute Gasteiger partial charge is 0.194 e. The van der Waals surface area contributed by atoms with Crippen molar-refractivity contribution in [1.82, 2.24) is 15.2 Å². The van der Waals surface area contributed by atoms with Crippen LogP contribution in [-0.2, 0) is 0 Å². The van der Waals surface area contributed by atoms with Gasteiger partial charge in [-0.2, -0.15) is 5.10 Å². The fourth-order valence-corrected chi connectivity index (χ4v) is 1.90. The van der Waals surface area contributed by atoms with E-state index in [0.29, 0.717) is 28.1 Å². The molecule has 90 valence electrons. The third-order valence-corrected chi connectivity index (χ3v) is 2.74. The van der Waals surface area contributed by atoms with Crippen molar-refractivity contribution in [2.75, 3.05) is 5.73 Å². The summed E-state index contributed by atoms with van der Waals surface area (Å²) in [7, 11) is 0. The molecule has 3 N–H and O–H groups in total. The third-order valence-electron chi connectivity index (χ3n) is 2.53. The minimum atomic E-state index is 0.310. The van der Waals surface area contributed by atoms with Crippen LogP contribution < -0.4 is 5.73 Å². The van der Waals surface area contributed by atoms with Crippen LogP contribution >= 0.6 is 11.6 Å². The molecule has 6 heteroatoms. The molecule has 3 aromatic rings. The van der Waals surface area contributed by atoms with Crippen molar-refractivity contribution in [3.05, 3.63) is 41.7 Å². The van der Waals surface area contributed by atoms with Gasteiger partial charge < -0.3 is 10.2 Å². The highest BCUT2D eigenvalue weighted by Crippen LogP contribution is 2.34. The molecule has 0 aromatic carbocycles. The fourth-order valence-electron chi connectivity index (χ4n) is 1.75. The number of rotatable bonds is 2.